The Morgan fingerprint density at radius 1 is 1.00 bits per heavy atom. The highest BCUT2D eigenvalue weighted by molar-refractivity contribution is 5.82. The largest absolute Gasteiger partial charge is 0.365 e. The Kier molecular flexibility index (Phi) is 11.0. The van der Waals surface area contributed by atoms with Gasteiger partial charge in [-0.3, -0.25) is 19.3 Å². The first kappa shape index (κ1) is 36.6. The molecule has 2 saturated carbocycles. The molecule has 2 saturated heterocycles. The lowest BCUT2D eigenvalue weighted by atomic mass is 9.57. The van der Waals surface area contributed by atoms with Crippen LogP contribution in [-0.4, -0.2) is 66.4 Å². The van der Waals surface area contributed by atoms with E-state index in [0.29, 0.717) is 73.8 Å². The Morgan fingerprint density at radius 2 is 1.78 bits per heavy atom. The number of carbonyl (C=O) groups excluding carboxylic acids is 3. The van der Waals surface area contributed by atoms with Crippen LogP contribution in [0.2, 0.25) is 0 Å². The monoisotopic (exact) mass is 697 g/mol. The Morgan fingerprint density at radius 3 is 2.61 bits per heavy atom. The summed E-state index contributed by atoms with van der Waals surface area (Å²) in [7, 11) is 0. The number of piperidine rings is 1. The maximum absolute atomic E-state index is 12.8. The summed E-state index contributed by atoms with van der Waals surface area (Å²) >= 11 is 0. The lowest BCUT2D eigenvalue weighted by Crippen LogP contribution is -2.54. The molecule has 0 bridgehead atoms. The van der Waals surface area contributed by atoms with Crippen LogP contribution in [0.3, 0.4) is 0 Å². The predicted octanol–water partition coefficient (Wildman–Crippen LogP) is 7.35. The molecule has 1 aromatic rings. The molecule has 2 amide bonds. The summed E-state index contributed by atoms with van der Waals surface area (Å²) in [4.78, 5) is 40.0. The van der Waals surface area contributed by atoms with Gasteiger partial charge in [-0.05, 0) is 105 Å². The molecule has 2 heterocycles. The molecular formula is C44H63N3O4. The van der Waals surface area contributed by atoms with Crippen LogP contribution in [-0.2, 0) is 25.5 Å². The van der Waals surface area contributed by atoms with E-state index in [4.69, 9.17) is 4.74 Å². The van der Waals surface area contributed by atoms with Crippen LogP contribution in [0.4, 0.5) is 0 Å². The summed E-state index contributed by atoms with van der Waals surface area (Å²) < 4.78 is 7.32. The third kappa shape index (κ3) is 7.28. The third-order valence-corrected chi connectivity index (χ3v) is 14.6. The minimum atomic E-state index is -0.179. The van der Waals surface area contributed by atoms with Crippen molar-refractivity contribution < 1.29 is 19.1 Å². The fraction of sp³-hybridized carbons (Fsp3) is 0.705. The highest BCUT2D eigenvalue weighted by atomic mass is 16.5. The Hall–Kier alpha value is -2.77. The zero-order valence-electron chi connectivity index (χ0n) is 31.8. The molecule has 278 valence electrons. The minimum absolute atomic E-state index is 0.0962. The number of allylic oxidation sites excluding steroid dienone is 3. The van der Waals surface area contributed by atoms with Crippen molar-refractivity contribution in [3.05, 3.63) is 58.7 Å². The van der Waals surface area contributed by atoms with Crippen LogP contribution in [0.5, 0.6) is 0 Å². The van der Waals surface area contributed by atoms with Gasteiger partial charge in [-0.15, -0.1) is 0 Å². The Balaban J connectivity index is 0.881. The lowest BCUT2D eigenvalue weighted by molar-refractivity contribution is -0.122. The molecule has 7 nitrogen and oxygen atoms in total. The van der Waals surface area contributed by atoms with Crippen LogP contribution in [0.15, 0.2) is 53.1 Å². The van der Waals surface area contributed by atoms with Gasteiger partial charge in [0.2, 0.25) is 11.8 Å². The number of aryl methyl sites for hydroxylation is 1. The minimum Gasteiger partial charge on any atom is -0.365 e. The molecule has 0 aromatic heterocycles. The maximum atomic E-state index is 12.8. The second-order valence-corrected chi connectivity index (χ2v) is 17.5. The van der Waals surface area contributed by atoms with E-state index in [9.17, 15) is 14.4 Å². The maximum Gasteiger partial charge on any atom is 0.220 e. The van der Waals surface area contributed by atoms with Gasteiger partial charge >= 0.3 is 0 Å². The summed E-state index contributed by atoms with van der Waals surface area (Å²) in [6, 6.07) is 10.5. The van der Waals surface area contributed by atoms with Gasteiger partial charge in [0.15, 0.2) is 0 Å². The number of fused-ring (bicyclic) bond motifs is 6. The van der Waals surface area contributed by atoms with Crippen molar-refractivity contribution in [1.82, 2.24) is 15.5 Å². The van der Waals surface area contributed by atoms with Crippen molar-refractivity contribution in [1.29, 1.82) is 0 Å². The zero-order chi connectivity index (χ0) is 35.8. The van der Waals surface area contributed by atoms with E-state index in [1.54, 1.807) is 11.1 Å². The molecule has 51 heavy (non-hydrogen) atoms. The molecule has 1 aromatic carbocycles. The molecule has 6 aliphatic rings. The second-order valence-electron chi connectivity index (χ2n) is 17.5. The molecule has 8 unspecified atom stereocenters. The van der Waals surface area contributed by atoms with Gasteiger partial charge in [0, 0.05) is 63.8 Å². The molecule has 4 aliphatic carbocycles. The van der Waals surface area contributed by atoms with E-state index < -0.39 is 0 Å². The number of benzene rings is 1. The average Bonchev–Trinajstić information content (AvgIpc) is 3.64. The van der Waals surface area contributed by atoms with Crippen molar-refractivity contribution in [3.8, 4) is 0 Å². The van der Waals surface area contributed by atoms with Gasteiger partial charge in [-0.25, -0.2) is 0 Å². The number of likely N-dealkylation sites (tertiary alicyclic amines) is 1. The highest BCUT2D eigenvalue weighted by Crippen LogP contribution is 2.65. The zero-order valence-corrected chi connectivity index (χ0v) is 31.8. The van der Waals surface area contributed by atoms with Gasteiger partial charge < -0.3 is 15.4 Å². The van der Waals surface area contributed by atoms with Crippen molar-refractivity contribution in [3.63, 3.8) is 0 Å². The van der Waals surface area contributed by atoms with Gasteiger partial charge in [0.05, 0.1) is 11.7 Å². The summed E-state index contributed by atoms with van der Waals surface area (Å²) in [5.41, 5.74) is 5.87. The lowest BCUT2D eigenvalue weighted by Gasteiger charge is -2.47. The van der Waals surface area contributed by atoms with Crippen LogP contribution in [0.1, 0.15) is 117 Å². The summed E-state index contributed by atoms with van der Waals surface area (Å²) in [5.74, 6) is 3.68. The number of nitrogens with one attached hydrogen (secondary N) is 2. The summed E-state index contributed by atoms with van der Waals surface area (Å²) in [5, 5.41) is 6.25. The number of amides is 2. The second kappa shape index (κ2) is 15.3. The highest BCUT2D eigenvalue weighted by Gasteiger charge is 2.61. The van der Waals surface area contributed by atoms with Crippen molar-refractivity contribution >= 4 is 17.6 Å². The molecule has 1 spiro atoms. The van der Waals surface area contributed by atoms with E-state index in [1.807, 2.05) is 18.2 Å². The quantitative estimate of drug-likeness (QED) is 0.176. The fourth-order valence-electron chi connectivity index (χ4n) is 11.8. The first-order chi connectivity index (χ1) is 24.6. The molecular weight excluding hydrogens is 635 g/mol. The van der Waals surface area contributed by atoms with Crippen LogP contribution in [0.25, 0.3) is 0 Å². The van der Waals surface area contributed by atoms with E-state index in [2.05, 4.69) is 61.4 Å². The summed E-state index contributed by atoms with van der Waals surface area (Å²) in [6.07, 6.45) is 15.4. The summed E-state index contributed by atoms with van der Waals surface area (Å²) in [6.45, 7) is 13.0. The van der Waals surface area contributed by atoms with Crippen molar-refractivity contribution in [2.24, 2.45) is 35.0 Å². The van der Waals surface area contributed by atoms with Gasteiger partial charge in [0.1, 0.15) is 5.78 Å². The number of ether oxygens (including phenoxy) is 1. The first-order valence-corrected chi connectivity index (χ1v) is 20.5. The Labute approximate surface area is 306 Å². The molecule has 2 aliphatic heterocycles. The molecule has 4 fully saturated rings. The van der Waals surface area contributed by atoms with E-state index >= 15 is 0 Å². The number of unbranched alkanes of at least 4 members (excludes halogenated alkanes) is 2. The van der Waals surface area contributed by atoms with E-state index in [0.717, 1.165) is 70.9 Å². The van der Waals surface area contributed by atoms with Gasteiger partial charge in [0.25, 0.3) is 0 Å². The average molecular weight is 698 g/mol. The van der Waals surface area contributed by atoms with Gasteiger partial charge in [-0.2, -0.15) is 0 Å². The number of hydrogen-bond donors (Lipinski definition) is 2. The number of carbonyl (C=O) groups is 3. The van der Waals surface area contributed by atoms with Crippen LogP contribution in [0, 0.1) is 35.0 Å². The number of nitrogens with zero attached hydrogens (tertiary/aromatic N) is 1. The molecule has 7 rings (SSSR count). The molecule has 2 N–H and O–H groups in total. The number of rotatable bonds is 12. The third-order valence-electron chi connectivity index (χ3n) is 14.6. The normalized spacial score (nSPS) is 35.9. The molecule has 9 atom stereocenters. The standard InChI is InChI=1S/C44H63N3O4/c1-29-25-39-42(47(28-29)24-23-46-40(49)13-9-6-10-22-45-41(50)17-14-32-11-7-5-8-12-32)31(3)44(51-39)21-19-35-36-16-15-33-26-34(48)18-20-43(33,4)38(36)27-37(35)30(44)2/h5,7-8,11-12,15,29,31,35-36,38-39,42H,6,9-10,13-14,16-28H2,1-4H3,(H,45,50)(H,46,49)/t29?,31-,35?,36?,38?,39?,42?,43?,44?/m1/s1. The van der Waals surface area contributed by atoms with E-state index in [-0.39, 0.29) is 28.9 Å². The topological polar surface area (TPSA) is 87.7 Å². The van der Waals surface area contributed by atoms with Gasteiger partial charge in [-0.1, -0.05) is 74.7 Å². The Bertz CT molecular complexity index is 1520. The molecule has 7 heteroatoms. The number of hydrogen-bond acceptors (Lipinski definition) is 5. The smallest absolute Gasteiger partial charge is 0.220 e. The molecule has 0 radical (unpaired) electrons. The van der Waals surface area contributed by atoms with Crippen molar-refractivity contribution in [2.75, 3.05) is 26.2 Å². The fourth-order valence-corrected chi connectivity index (χ4v) is 11.8. The number of ketones is 1. The van der Waals surface area contributed by atoms with Crippen LogP contribution < -0.4 is 10.6 Å². The van der Waals surface area contributed by atoms with Crippen molar-refractivity contribution in [2.45, 2.75) is 135 Å². The van der Waals surface area contributed by atoms with Crippen LogP contribution >= 0.6 is 0 Å². The SMILES string of the molecule is CC1=C2CC3C(CC=C4CC(=O)CCC43C)C2CCC12OC1CC(C)CN(CCNC(=O)CCCCCNC(=O)CCc3ccccc3)C1[C@H]2C. The first-order valence-electron chi connectivity index (χ1n) is 20.5. The predicted molar refractivity (Wildman–Crippen MR) is 202 cm³/mol. The number of Topliss-reactive ketones (excluding diaryl/α,β-unsaturated/α-hetero) is 1. The van der Waals surface area contributed by atoms with E-state index in [1.165, 1.54) is 24.0 Å².